The first kappa shape index (κ1) is 24.6. The van der Waals surface area contributed by atoms with Crippen LogP contribution in [0.25, 0.3) is 0 Å². The van der Waals surface area contributed by atoms with Crippen molar-refractivity contribution in [3.05, 3.63) is 54.0 Å². The van der Waals surface area contributed by atoms with E-state index in [1.54, 1.807) is 43.5 Å². The van der Waals surface area contributed by atoms with Gasteiger partial charge in [-0.1, -0.05) is 12.8 Å². The fourth-order valence-electron chi connectivity index (χ4n) is 5.08. The fraction of sp³-hybridized carbons (Fsp3) is 0.407. The first-order chi connectivity index (χ1) is 17.9. The minimum Gasteiger partial charge on any atom is -0.495 e. The molecule has 3 heterocycles. The topological polar surface area (TPSA) is 105 Å². The van der Waals surface area contributed by atoms with Crippen molar-refractivity contribution >= 4 is 35.0 Å². The van der Waals surface area contributed by atoms with Crippen LogP contribution in [-0.4, -0.2) is 53.1 Å². The molecule has 10 heteroatoms. The van der Waals surface area contributed by atoms with Gasteiger partial charge in [-0.05, 0) is 43.2 Å². The van der Waals surface area contributed by atoms with Crippen molar-refractivity contribution in [2.45, 2.75) is 44.7 Å². The van der Waals surface area contributed by atoms with E-state index in [1.165, 1.54) is 12.8 Å². The third kappa shape index (κ3) is 5.09. The summed E-state index contributed by atoms with van der Waals surface area (Å²) in [6.07, 6.45) is 8.69. The number of aromatic nitrogens is 3. The molecule has 3 aromatic rings. The Bertz CT molecular complexity index is 1300. The molecule has 0 radical (unpaired) electrons. The van der Waals surface area contributed by atoms with E-state index < -0.39 is 0 Å². The highest BCUT2D eigenvalue weighted by molar-refractivity contribution is 5.97. The predicted molar refractivity (Wildman–Crippen MR) is 143 cm³/mol. The number of amides is 2. The Hall–Kier alpha value is -4.08. The van der Waals surface area contributed by atoms with E-state index in [4.69, 9.17) is 9.72 Å². The van der Waals surface area contributed by atoms with Gasteiger partial charge in [0.1, 0.15) is 11.4 Å². The number of aryl methyl sites for hydroxylation is 1. The molecular formula is C27H33N7O3. The van der Waals surface area contributed by atoms with Crippen LogP contribution in [0.4, 0.5) is 23.1 Å². The van der Waals surface area contributed by atoms with E-state index in [-0.39, 0.29) is 11.8 Å². The molecule has 2 amide bonds. The van der Waals surface area contributed by atoms with Crippen LogP contribution in [0.2, 0.25) is 0 Å². The van der Waals surface area contributed by atoms with Gasteiger partial charge < -0.3 is 29.7 Å². The smallest absolute Gasteiger partial charge is 0.251 e. The summed E-state index contributed by atoms with van der Waals surface area (Å²) < 4.78 is 7.55. The third-order valence-electron chi connectivity index (χ3n) is 7.28. The summed E-state index contributed by atoms with van der Waals surface area (Å²) in [4.78, 5) is 38.6. The van der Waals surface area contributed by atoms with Gasteiger partial charge in [0, 0.05) is 50.6 Å². The fourth-order valence-corrected chi connectivity index (χ4v) is 5.08. The lowest BCUT2D eigenvalue weighted by atomic mass is 10.1. The van der Waals surface area contributed by atoms with Crippen molar-refractivity contribution in [3.63, 3.8) is 0 Å². The Labute approximate surface area is 216 Å². The Balaban J connectivity index is 1.37. The average Bonchev–Trinajstić information content (AvgIpc) is 3.57. The normalized spacial score (nSPS) is 15.9. The standard InChI is InChI=1S/C27H33N7O3/c1-32-13-6-9-20(32)16-28-26(36)18-10-11-21(23(15-18)37-3)30-27-29-17-22-25(31-27)34(19-7-4-5-8-19)14-12-24(35)33(22)2/h6,9-11,13,15,17,19H,4-5,7-8,12,14,16H2,1-3H3,(H,28,36)(H,29,30,31). The second-order valence-electron chi connectivity index (χ2n) is 9.57. The number of carbonyl (C=O) groups is 2. The molecule has 1 fully saturated rings. The molecule has 10 nitrogen and oxygen atoms in total. The van der Waals surface area contributed by atoms with Crippen molar-refractivity contribution in [1.82, 2.24) is 19.9 Å². The van der Waals surface area contributed by atoms with E-state index in [9.17, 15) is 9.59 Å². The van der Waals surface area contributed by atoms with Gasteiger partial charge in [-0.25, -0.2) is 4.98 Å². The predicted octanol–water partition coefficient (Wildman–Crippen LogP) is 3.61. The minimum atomic E-state index is -0.188. The van der Waals surface area contributed by atoms with Gasteiger partial charge in [-0.15, -0.1) is 0 Å². The number of hydrogen-bond acceptors (Lipinski definition) is 7. The first-order valence-corrected chi connectivity index (χ1v) is 12.7. The Morgan fingerprint density at radius 3 is 2.73 bits per heavy atom. The van der Waals surface area contributed by atoms with Crippen LogP contribution in [0.1, 0.15) is 48.2 Å². The number of benzene rings is 1. The zero-order chi connectivity index (χ0) is 25.9. The molecule has 1 aliphatic carbocycles. The average molecular weight is 504 g/mol. The minimum absolute atomic E-state index is 0.0636. The van der Waals surface area contributed by atoms with Gasteiger partial charge in [0.2, 0.25) is 11.9 Å². The number of anilines is 4. The van der Waals surface area contributed by atoms with Crippen molar-refractivity contribution in [3.8, 4) is 5.75 Å². The molecule has 1 aliphatic heterocycles. The lowest BCUT2D eigenvalue weighted by Crippen LogP contribution is -2.34. The summed E-state index contributed by atoms with van der Waals surface area (Å²) in [5, 5.41) is 6.19. The maximum Gasteiger partial charge on any atom is 0.251 e. The highest BCUT2D eigenvalue weighted by Gasteiger charge is 2.31. The van der Waals surface area contributed by atoms with Crippen molar-refractivity contribution in [2.24, 2.45) is 7.05 Å². The van der Waals surface area contributed by atoms with Gasteiger partial charge >= 0.3 is 0 Å². The van der Waals surface area contributed by atoms with Crippen LogP contribution < -0.4 is 25.2 Å². The molecule has 37 heavy (non-hydrogen) atoms. The maximum atomic E-state index is 12.7. The van der Waals surface area contributed by atoms with Crippen molar-refractivity contribution in [2.75, 3.05) is 35.8 Å². The number of nitrogens with zero attached hydrogens (tertiary/aromatic N) is 5. The molecule has 0 spiro atoms. The number of rotatable bonds is 7. The SMILES string of the molecule is COc1cc(C(=O)NCc2cccn2C)ccc1Nc1ncc2c(n1)N(C1CCCC1)CCC(=O)N2C. The molecule has 1 aromatic carbocycles. The van der Waals surface area contributed by atoms with E-state index in [2.05, 4.69) is 20.5 Å². The van der Waals surface area contributed by atoms with Crippen molar-refractivity contribution < 1.29 is 14.3 Å². The van der Waals surface area contributed by atoms with Gasteiger partial charge in [-0.2, -0.15) is 4.98 Å². The quantitative estimate of drug-likeness (QED) is 0.508. The maximum absolute atomic E-state index is 12.7. The number of hydrogen-bond donors (Lipinski definition) is 2. The largest absolute Gasteiger partial charge is 0.495 e. The second kappa shape index (κ2) is 10.5. The van der Waals surface area contributed by atoms with Crippen LogP contribution in [-0.2, 0) is 18.4 Å². The number of methoxy groups -OCH3 is 1. The van der Waals surface area contributed by atoms with Gasteiger partial charge in [0.25, 0.3) is 5.91 Å². The molecule has 0 bridgehead atoms. The van der Waals surface area contributed by atoms with Crippen LogP contribution in [0.3, 0.4) is 0 Å². The van der Waals surface area contributed by atoms with Gasteiger partial charge in [-0.3, -0.25) is 9.59 Å². The number of nitrogens with one attached hydrogen (secondary N) is 2. The highest BCUT2D eigenvalue weighted by atomic mass is 16.5. The zero-order valence-corrected chi connectivity index (χ0v) is 21.5. The molecule has 0 unspecified atom stereocenters. The molecule has 0 atom stereocenters. The molecule has 2 aliphatic rings. The second-order valence-corrected chi connectivity index (χ2v) is 9.57. The number of carbonyl (C=O) groups excluding carboxylic acids is 2. The van der Waals surface area contributed by atoms with Gasteiger partial charge in [0.05, 0.1) is 25.5 Å². The Morgan fingerprint density at radius 2 is 2.00 bits per heavy atom. The van der Waals surface area contributed by atoms with E-state index in [0.29, 0.717) is 48.5 Å². The Morgan fingerprint density at radius 1 is 1.19 bits per heavy atom. The Kier molecular flexibility index (Phi) is 6.98. The highest BCUT2D eigenvalue weighted by Crippen LogP contribution is 2.37. The molecule has 2 aromatic heterocycles. The lowest BCUT2D eigenvalue weighted by molar-refractivity contribution is -0.118. The lowest BCUT2D eigenvalue weighted by Gasteiger charge is -2.30. The summed E-state index contributed by atoms with van der Waals surface area (Å²) >= 11 is 0. The molecule has 1 saturated carbocycles. The van der Waals surface area contributed by atoms with E-state index >= 15 is 0 Å². The van der Waals surface area contributed by atoms with Crippen LogP contribution in [0.15, 0.2) is 42.7 Å². The summed E-state index contributed by atoms with van der Waals surface area (Å²) in [6, 6.07) is 9.52. The van der Waals surface area contributed by atoms with Crippen molar-refractivity contribution in [1.29, 1.82) is 0 Å². The summed E-state index contributed by atoms with van der Waals surface area (Å²) in [7, 11) is 5.28. The zero-order valence-electron chi connectivity index (χ0n) is 21.5. The van der Waals surface area contributed by atoms with Gasteiger partial charge in [0.15, 0.2) is 5.82 Å². The molecule has 5 rings (SSSR count). The monoisotopic (exact) mass is 503 g/mol. The summed E-state index contributed by atoms with van der Waals surface area (Å²) in [5.41, 5.74) is 2.87. The number of fused-ring (bicyclic) bond motifs is 1. The molecule has 194 valence electrons. The summed E-state index contributed by atoms with van der Waals surface area (Å²) in [5.74, 6) is 1.56. The third-order valence-corrected chi connectivity index (χ3v) is 7.28. The number of ether oxygens (including phenoxy) is 1. The molecule has 0 saturated heterocycles. The summed E-state index contributed by atoms with van der Waals surface area (Å²) in [6.45, 7) is 1.08. The van der Waals surface area contributed by atoms with Crippen LogP contribution in [0, 0.1) is 0 Å². The molecular weight excluding hydrogens is 470 g/mol. The van der Waals surface area contributed by atoms with E-state index in [1.807, 2.05) is 29.9 Å². The van der Waals surface area contributed by atoms with E-state index in [0.717, 1.165) is 30.0 Å². The van der Waals surface area contributed by atoms with Crippen LogP contribution >= 0.6 is 0 Å². The first-order valence-electron chi connectivity index (χ1n) is 12.7. The van der Waals surface area contributed by atoms with Crippen LogP contribution in [0.5, 0.6) is 5.75 Å². The molecule has 2 N–H and O–H groups in total.